The molecule has 6 rings (SSSR count). The lowest BCUT2D eigenvalue weighted by molar-refractivity contribution is -0.181. The molecule has 5 heteroatoms. The molecule has 1 aliphatic heterocycles. The molecule has 1 N–H and O–H groups in total. The van der Waals surface area contributed by atoms with E-state index in [-0.39, 0.29) is 28.5 Å². The standard InChI is InChI=1S/C35H42ClNOS2/c36-28-23-21-25(22-24-28)31-34(39-29-17-9-3-10-18-29)32(26-13-5-1-6-14-26)37(38)33(27-15-7-2-8-16-27)35(31)40-30-19-11-4-12-20-30/h1-2,5-8,13-16,21-24,29-35,38H,3-4,9-12,17-20H2/t31?,32-,33+,34-,35-/m0/s1. The molecule has 0 amide bonds. The van der Waals surface area contributed by atoms with Gasteiger partial charge in [-0.1, -0.05) is 123 Å². The summed E-state index contributed by atoms with van der Waals surface area (Å²) in [6, 6.07) is 30.1. The Morgan fingerprint density at radius 1 is 0.550 bits per heavy atom. The molecule has 3 aliphatic rings. The number of hydroxylamine groups is 2. The van der Waals surface area contributed by atoms with E-state index in [4.69, 9.17) is 11.6 Å². The highest BCUT2D eigenvalue weighted by Gasteiger charge is 2.52. The van der Waals surface area contributed by atoms with Crippen LogP contribution in [0.15, 0.2) is 84.9 Å². The van der Waals surface area contributed by atoms with Crippen molar-refractivity contribution in [2.45, 2.75) is 103 Å². The van der Waals surface area contributed by atoms with Crippen molar-refractivity contribution in [2.24, 2.45) is 0 Å². The summed E-state index contributed by atoms with van der Waals surface area (Å²) in [5, 5.41) is 16.7. The fraction of sp³-hybridized carbons (Fsp3) is 0.486. The van der Waals surface area contributed by atoms with Gasteiger partial charge in [0.15, 0.2) is 0 Å². The van der Waals surface area contributed by atoms with E-state index in [9.17, 15) is 5.21 Å². The molecular weight excluding hydrogens is 550 g/mol. The lowest BCUT2D eigenvalue weighted by atomic mass is 9.77. The summed E-state index contributed by atoms with van der Waals surface area (Å²) in [6.45, 7) is 0. The highest BCUT2D eigenvalue weighted by molar-refractivity contribution is 8.01. The molecule has 1 unspecified atom stereocenters. The third-order valence-electron chi connectivity index (χ3n) is 9.24. The predicted molar refractivity (Wildman–Crippen MR) is 173 cm³/mol. The third kappa shape index (κ3) is 6.47. The number of thioether (sulfide) groups is 2. The minimum atomic E-state index is -0.0952. The first-order chi connectivity index (χ1) is 19.7. The Balaban J connectivity index is 1.50. The Morgan fingerprint density at radius 2 is 0.975 bits per heavy atom. The predicted octanol–water partition coefficient (Wildman–Crippen LogP) is 10.5. The van der Waals surface area contributed by atoms with Crippen molar-refractivity contribution in [3.8, 4) is 0 Å². The van der Waals surface area contributed by atoms with Crippen LogP contribution >= 0.6 is 35.1 Å². The molecule has 1 heterocycles. The van der Waals surface area contributed by atoms with E-state index in [0.717, 1.165) is 5.02 Å². The molecule has 212 valence electrons. The summed E-state index contributed by atoms with van der Waals surface area (Å²) in [4.78, 5) is 0. The van der Waals surface area contributed by atoms with Gasteiger partial charge in [-0.3, -0.25) is 0 Å². The Kier molecular flexibility index (Phi) is 9.82. The summed E-state index contributed by atoms with van der Waals surface area (Å²) in [7, 11) is 0. The van der Waals surface area contributed by atoms with Crippen LogP contribution in [-0.4, -0.2) is 31.3 Å². The van der Waals surface area contributed by atoms with Crippen molar-refractivity contribution < 1.29 is 5.21 Å². The summed E-state index contributed by atoms with van der Waals surface area (Å²) < 4.78 is 0. The fourth-order valence-corrected chi connectivity index (χ4v) is 11.4. The van der Waals surface area contributed by atoms with Crippen molar-refractivity contribution in [1.82, 2.24) is 5.06 Å². The van der Waals surface area contributed by atoms with Gasteiger partial charge in [-0.25, -0.2) is 0 Å². The normalized spacial score (nSPS) is 28.9. The number of halogens is 1. The number of rotatable bonds is 7. The monoisotopic (exact) mass is 591 g/mol. The van der Waals surface area contributed by atoms with Gasteiger partial charge in [0.05, 0.1) is 12.1 Å². The van der Waals surface area contributed by atoms with Gasteiger partial charge in [-0.15, -0.1) is 0 Å². The highest BCUT2D eigenvalue weighted by Crippen LogP contribution is 2.58. The van der Waals surface area contributed by atoms with E-state index >= 15 is 0 Å². The Morgan fingerprint density at radius 3 is 1.40 bits per heavy atom. The van der Waals surface area contributed by atoms with Crippen LogP contribution in [0.1, 0.15) is 98.9 Å². The molecular formula is C35H42ClNOS2. The average molecular weight is 592 g/mol. The average Bonchev–Trinajstić information content (AvgIpc) is 3.00. The molecule has 3 fully saturated rings. The van der Waals surface area contributed by atoms with E-state index in [1.165, 1.54) is 80.9 Å². The summed E-state index contributed by atoms with van der Waals surface area (Å²) in [6.07, 6.45) is 13.1. The van der Waals surface area contributed by atoms with Crippen LogP contribution in [-0.2, 0) is 0 Å². The van der Waals surface area contributed by atoms with Gasteiger partial charge in [0, 0.05) is 31.9 Å². The van der Waals surface area contributed by atoms with Gasteiger partial charge in [0.1, 0.15) is 0 Å². The first-order valence-corrected chi connectivity index (χ1v) is 17.6. The van der Waals surface area contributed by atoms with Crippen molar-refractivity contribution in [3.05, 3.63) is 107 Å². The molecule has 2 nitrogen and oxygen atoms in total. The van der Waals surface area contributed by atoms with Gasteiger partial charge < -0.3 is 5.21 Å². The molecule has 3 aromatic carbocycles. The van der Waals surface area contributed by atoms with Gasteiger partial charge in [-0.05, 0) is 54.5 Å². The van der Waals surface area contributed by atoms with Crippen LogP contribution in [0.3, 0.4) is 0 Å². The maximum Gasteiger partial charge on any atom is 0.0732 e. The number of benzene rings is 3. The molecule has 2 saturated carbocycles. The second kappa shape index (κ2) is 13.7. The van der Waals surface area contributed by atoms with Gasteiger partial charge in [-0.2, -0.15) is 28.6 Å². The molecule has 0 aromatic heterocycles. The van der Waals surface area contributed by atoms with Crippen LogP contribution in [0.5, 0.6) is 0 Å². The third-order valence-corrected chi connectivity index (χ3v) is 12.9. The zero-order valence-electron chi connectivity index (χ0n) is 23.3. The van der Waals surface area contributed by atoms with Crippen molar-refractivity contribution >= 4 is 35.1 Å². The second-order valence-electron chi connectivity index (χ2n) is 11.9. The second-order valence-corrected chi connectivity index (χ2v) is 15.3. The van der Waals surface area contributed by atoms with Crippen LogP contribution in [0, 0.1) is 0 Å². The van der Waals surface area contributed by atoms with Crippen molar-refractivity contribution in [3.63, 3.8) is 0 Å². The quantitative estimate of drug-likeness (QED) is 0.295. The van der Waals surface area contributed by atoms with E-state index in [1.807, 2.05) is 0 Å². The van der Waals surface area contributed by atoms with E-state index in [0.29, 0.717) is 10.5 Å². The molecule has 3 aromatic rings. The first-order valence-electron chi connectivity index (χ1n) is 15.3. The highest BCUT2D eigenvalue weighted by atomic mass is 35.5. The molecule has 0 bridgehead atoms. The van der Waals surface area contributed by atoms with E-state index in [2.05, 4.69) is 108 Å². The zero-order valence-corrected chi connectivity index (χ0v) is 25.7. The minimum Gasteiger partial charge on any atom is -0.313 e. The summed E-state index contributed by atoms with van der Waals surface area (Å²) in [5.41, 5.74) is 3.78. The number of nitrogens with zero attached hydrogens (tertiary/aromatic N) is 1. The molecule has 40 heavy (non-hydrogen) atoms. The first kappa shape index (κ1) is 28.7. The number of hydrogen-bond donors (Lipinski definition) is 1. The lowest BCUT2D eigenvalue weighted by Crippen LogP contribution is -2.52. The van der Waals surface area contributed by atoms with Crippen LogP contribution in [0.4, 0.5) is 0 Å². The molecule has 0 spiro atoms. The Bertz CT molecular complexity index is 1110. The maximum absolute atomic E-state index is 12.4. The smallest absolute Gasteiger partial charge is 0.0732 e. The largest absolute Gasteiger partial charge is 0.313 e. The molecule has 0 radical (unpaired) electrons. The molecule has 5 atom stereocenters. The fourth-order valence-electron chi connectivity index (χ4n) is 7.27. The van der Waals surface area contributed by atoms with Gasteiger partial charge in [0.25, 0.3) is 0 Å². The van der Waals surface area contributed by atoms with Crippen LogP contribution in [0.25, 0.3) is 0 Å². The van der Waals surface area contributed by atoms with E-state index < -0.39 is 0 Å². The number of piperidine rings is 1. The van der Waals surface area contributed by atoms with E-state index in [1.54, 1.807) is 5.06 Å². The summed E-state index contributed by atoms with van der Waals surface area (Å²) >= 11 is 10.8. The molecule has 1 saturated heterocycles. The lowest BCUT2D eigenvalue weighted by Gasteiger charge is -2.53. The topological polar surface area (TPSA) is 23.5 Å². The molecule has 2 aliphatic carbocycles. The van der Waals surface area contributed by atoms with Crippen molar-refractivity contribution in [1.29, 1.82) is 0 Å². The summed E-state index contributed by atoms with van der Waals surface area (Å²) in [5.74, 6) is 0.287. The maximum atomic E-state index is 12.4. The van der Waals surface area contributed by atoms with Crippen LogP contribution in [0.2, 0.25) is 5.02 Å². The Labute approximate surface area is 254 Å². The Hall–Kier alpha value is -1.43. The van der Waals surface area contributed by atoms with Crippen molar-refractivity contribution in [2.75, 3.05) is 0 Å². The van der Waals surface area contributed by atoms with Crippen LogP contribution < -0.4 is 0 Å². The number of hydrogen-bond acceptors (Lipinski definition) is 4. The van der Waals surface area contributed by atoms with Gasteiger partial charge in [0.2, 0.25) is 0 Å². The minimum absolute atomic E-state index is 0.0952. The van der Waals surface area contributed by atoms with Gasteiger partial charge >= 0.3 is 0 Å². The SMILES string of the molecule is ON1[C@H](c2ccccc2)[C@@H](SC2CCCCC2)C(c2ccc(Cl)cc2)[C@H](SC2CCCCC2)[C@@H]1c1ccccc1. The zero-order chi connectivity index (χ0) is 27.3.